The summed E-state index contributed by atoms with van der Waals surface area (Å²) in [5.74, 6) is 2.04. The number of carbonyl (C=O) groups excluding carboxylic acids is 1. The zero-order chi connectivity index (χ0) is 36.7. The lowest BCUT2D eigenvalue weighted by Crippen LogP contribution is -2.11. The number of benzene rings is 6. The molecule has 0 radical (unpaired) electrons. The molecule has 0 aliphatic rings. The number of hydrogen-bond acceptors (Lipinski definition) is 7. The third-order valence-electron chi connectivity index (χ3n) is 8.08. The Hall–Kier alpha value is -5.58. The number of ketones is 1. The van der Waals surface area contributed by atoms with Crippen LogP contribution in [-0.4, -0.2) is 19.7 Å². The van der Waals surface area contributed by atoms with Crippen LogP contribution in [0.5, 0.6) is 28.7 Å². The van der Waals surface area contributed by atoms with Crippen LogP contribution in [0.15, 0.2) is 152 Å². The minimum Gasteiger partial charge on any atom is -0.489 e. The zero-order valence-corrected chi connectivity index (χ0v) is 31.4. The maximum atomic E-state index is 14.3. The molecule has 6 rings (SSSR count). The molecule has 0 amide bonds. The number of methoxy groups -OCH3 is 1. The molecule has 0 aliphatic carbocycles. The van der Waals surface area contributed by atoms with E-state index >= 15 is 0 Å². The molecule has 0 spiro atoms. The average Bonchev–Trinajstić information content (AvgIpc) is 3.21. The second-order valence-corrected chi connectivity index (χ2v) is 13.0. The quantitative estimate of drug-likeness (QED) is 0.0370. The van der Waals surface area contributed by atoms with Crippen molar-refractivity contribution in [2.24, 2.45) is 0 Å². The Morgan fingerprint density at radius 3 is 1.57 bits per heavy atom. The van der Waals surface area contributed by atoms with Gasteiger partial charge in [-0.1, -0.05) is 121 Å². The number of allylic oxidation sites excluding steroid dienone is 1. The van der Waals surface area contributed by atoms with Gasteiger partial charge in [0.1, 0.15) is 55.0 Å². The first-order valence-corrected chi connectivity index (χ1v) is 18.2. The van der Waals surface area contributed by atoms with Crippen LogP contribution in [0.25, 0.3) is 6.08 Å². The predicted octanol–water partition coefficient (Wildman–Crippen LogP) is 10.5. The molecule has 6 aromatic carbocycles. The number of halogens is 1. The highest BCUT2D eigenvalue weighted by molar-refractivity contribution is 14.1. The lowest BCUT2D eigenvalue weighted by Gasteiger charge is -2.19. The first-order valence-electron chi connectivity index (χ1n) is 17.1. The van der Waals surface area contributed by atoms with E-state index in [-0.39, 0.29) is 30.5 Å². The summed E-state index contributed by atoms with van der Waals surface area (Å²) < 4.78 is 37.0. The highest BCUT2D eigenvalue weighted by atomic mass is 127. The van der Waals surface area contributed by atoms with Gasteiger partial charge in [0.2, 0.25) is 0 Å². The van der Waals surface area contributed by atoms with Crippen molar-refractivity contribution < 1.29 is 33.2 Å². The molecular formula is C45H39IO7. The van der Waals surface area contributed by atoms with Gasteiger partial charge in [-0.2, -0.15) is 0 Å². The third-order valence-corrected chi connectivity index (χ3v) is 9.10. The summed E-state index contributed by atoms with van der Waals surface area (Å²) in [4.78, 5) is 14.3. The van der Waals surface area contributed by atoms with Gasteiger partial charge in [0, 0.05) is 24.8 Å². The molecule has 0 saturated heterocycles. The molecule has 0 fully saturated rings. The molecule has 0 aliphatic heterocycles. The number of carbonyl (C=O) groups is 1. The SMILES string of the molecule is COCOc1cc(OCc2ccccc2)c(I)c(OCc2ccccc2)c1C(=O)/C=C/c1ccc(OCc2ccccc2)cc1OCc1ccccc1. The van der Waals surface area contributed by atoms with Crippen molar-refractivity contribution in [3.05, 3.63) is 189 Å². The number of ether oxygens (including phenoxy) is 6. The maximum absolute atomic E-state index is 14.3. The number of hydrogen-bond donors (Lipinski definition) is 0. The van der Waals surface area contributed by atoms with Crippen molar-refractivity contribution in [2.45, 2.75) is 26.4 Å². The van der Waals surface area contributed by atoms with Gasteiger partial charge in [-0.3, -0.25) is 4.79 Å². The molecule has 0 bridgehead atoms. The van der Waals surface area contributed by atoms with Crippen molar-refractivity contribution in [3.8, 4) is 28.7 Å². The summed E-state index contributed by atoms with van der Waals surface area (Å²) in [5.41, 5.74) is 4.96. The summed E-state index contributed by atoms with van der Waals surface area (Å²) in [6, 6.07) is 46.8. The van der Waals surface area contributed by atoms with Gasteiger partial charge in [0.25, 0.3) is 0 Å². The molecule has 0 unspecified atom stereocenters. The Morgan fingerprint density at radius 1 is 0.547 bits per heavy atom. The van der Waals surface area contributed by atoms with Gasteiger partial charge in [0.15, 0.2) is 18.3 Å². The Balaban J connectivity index is 1.33. The molecule has 0 atom stereocenters. The Kier molecular flexibility index (Phi) is 13.5. The van der Waals surface area contributed by atoms with Gasteiger partial charge in [-0.25, -0.2) is 0 Å². The molecule has 53 heavy (non-hydrogen) atoms. The molecule has 0 N–H and O–H groups in total. The van der Waals surface area contributed by atoms with Gasteiger partial charge in [-0.15, -0.1) is 0 Å². The fourth-order valence-corrected chi connectivity index (χ4v) is 6.09. The van der Waals surface area contributed by atoms with Crippen molar-refractivity contribution >= 4 is 34.5 Å². The van der Waals surface area contributed by atoms with Crippen LogP contribution in [0.2, 0.25) is 0 Å². The van der Waals surface area contributed by atoms with Crippen LogP contribution in [0.1, 0.15) is 38.2 Å². The molecule has 0 saturated carbocycles. The first kappa shape index (κ1) is 37.2. The fraction of sp³-hybridized carbons (Fsp3) is 0.133. The van der Waals surface area contributed by atoms with Crippen LogP contribution < -0.4 is 23.7 Å². The van der Waals surface area contributed by atoms with E-state index in [1.54, 1.807) is 12.1 Å². The fourth-order valence-electron chi connectivity index (χ4n) is 5.36. The minimum atomic E-state index is -0.329. The van der Waals surface area contributed by atoms with Crippen LogP contribution in [0.4, 0.5) is 0 Å². The molecule has 6 aromatic rings. The largest absolute Gasteiger partial charge is 0.489 e. The van der Waals surface area contributed by atoms with E-state index in [0.29, 0.717) is 52.0 Å². The Bertz CT molecular complexity index is 2090. The molecular weight excluding hydrogens is 779 g/mol. The summed E-state index contributed by atoms with van der Waals surface area (Å²) in [7, 11) is 1.53. The monoisotopic (exact) mass is 818 g/mol. The zero-order valence-electron chi connectivity index (χ0n) is 29.3. The van der Waals surface area contributed by atoms with Crippen LogP contribution in [0, 0.1) is 3.57 Å². The van der Waals surface area contributed by atoms with E-state index in [0.717, 1.165) is 22.3 Å². The van der Waals surface area contributed by atoms with Gasteiger partial charge in [-0.05, 0) is 69.1 Å². The van der Waals surface area contributed by atoms with Crippen LogP contribution in [0.3, 0.4) is 0 Å². The van der Waals surface area contributed by atoms with Gasteiger partial charge >= 0.3 is 0 Å². The first-order chi connectivity index (χ1) is 26.1. The smallest absolute Gasteiger partial charge is 0.193 e. The highest BCUT2D eigenvalue weighted by Gasteiger charge is 2.25. The van der Waals surface area contributed by atoms with E-state index in [1.165, 1.54) is 13.2 Å². The molecule has 7 nitrogen and oxygen atoms in total. The van der Waals surface area contributed by atoms with Crippen LogP contribution in [-0.2, 0) is 31.2 Å². The second-order valence-electron chi connectivity index (χ2n) is 11.9. The lowest BCUT2D eigenvalue weighted by atomic mass is 10.1. The van der Waals surface area contributed by atoms with Crippen molar-refractivity contribution in [1.82, 2.24) is 0 Å². The van der Waals surface area contributed by atoms with Gasteiger partial charge in [0.05, 0.1) is 3.57 Å². The molecule has 268 valence electrons. The van der Waals surface area contributed by atoms with E-state index < -0.39 is 0 Å². The van der Waals surface area contributed by atoms with E-state index in [9.17, 15) is 4.79 Å². The van der Waals surface area contributed by atoms with Crippen molar-refractivity contribution in [2.75, 3.05) is 13.9 Å². The second kappa shape index (κ2) is 19.3. The maximum Gasteiger partial charge on any atom is 0.193 e. The molecule has 0 heterocycles. The standard InChI is InChI=1S/C45H39IO7/c1-48-32-53-41-27-42(51-30-35-18-10-4-11-19-35)44(46)45(52-31-36-20-12-5-13-21-36)43(41)39(47)25-23-37-22-24-38(49-28-33-14-6-2-7-15-33)26-40(37)50-29-34-16-8-3-9-17-34/h2-27H,28-32H2,1H3/b25-23+. The summed E-state index contributed by atoms with van der Waals surface area (Å²) in [6.45, 7) is 1.22. The molecule has 0 aromatic heterocycles. The summed E-state index contributed by atoms with van der Waals surface area (Å²) in [6.07, 6.45) is 3.23. The van der Waals surface area contributed by atoms with Crippen molar-refractivity contribution in [1.29, 1.82) is 0 Å². The third kappa shape index (κ3) is 10.7. The predicted molar refractivity (Wildman–Crippen MR) is 215 cm³/mol. The van der Waals surface area contributed by atoms with Crippen LogP contribution >= 0.6 is 22.6 Å². The Labute approximate surface area is 323 Å². The average molecular weight is 819 g/mol. The Morgan fingerprint density at radius 2 is 1.04 bits per heavy atom. The van der Waals surface area contributed by atoms with E-state index in [4.69, 9.17) is 28.4 Å². The summed E-state index contributed by atoms with van der Waals surface area (Å²) >= 11 is 2.17. The highest BCUT2D eigenvalue weighted by Crippen LogP contribution is 2.42. The normalized spacial score (nSPS) is 10.9. The topological polar surface area (TPSA) is 72.5 Å². The van der Waals surface area contributed by atoms with E-state index in [1.807, 2.05) is 140 Å². The lowest BCUT2D eigenvalue weighted by molar-refractivity contribution is 0.0498. The van der Waals surface area contributed by atoms with Gasteiger partial charge < -0.3 is 28.4 Å². The summed E-state index contributed by atoms with van der Waals surface area (Å²) in [5, 5.41) is 0. The number of rotatable bonds is 18. The molecule has 8 heteroatoms. The van der Waals surface area contributed by atoms with E-state index in [2.05, 4.69) is 22.6 Å². The van der Waals surface area contributed by atoms with Crippen molar-refractivity contribution in [3.63, 3.8) is 0 Å². The minimum absolute atomic E-state index is 0.0806.